The highest BCUT2D eigenvalue weighted by molar-refractivity contribution is 5.43. The molecule has 1 aromatic rings. The zero-order valence-electron chi connectivity index (χ0n) is 12.0. The van der Waals surface area contributed by atoms with Crippen LogP contribution in [0.4, 0.5) is 5.69 Å². The predicted molar refractivity (Wildman–Crippen MR) is 77.7 cm³/mol. The first kappa shape index (κ1) is 16.7. The molecule has 0 saturated heterocycles. The second-order valence-electron chi connectivity index (χ2n) is 4.87. The van der Waals surface area contributed by atoms with Gasteiger partial charge in [-0.1, -0.05) is 6.07 Å². The van der Waals surface area contributed by atoms with Gasteiger partial charge in [-0.25, -0.2) is 0 Å². The van der Waals surface area contributed by atoms with Crippen LogP contribution in [0.1, 0.15) is 0 Å². The Hall–Kier alpha value is -1.34. The summed E-state index contributed by atoms with van der Waals surface area (Å²) in [6, 6.07) is 7.06. The fourth-order valence-electron chi connectivity index (χ4n) is 1.89. The number of ether oxygens (including phenoxy) is 2. The third-order valence-electron chi connectivity index (χ3n) is 2.70. The summed E-state index contributed by atoms with van der Waals surface area (Å²) in [6.45, 7) is 1.29. The summed E-state index contributed by atoms with van der Waals surface area (Å²) in [5.74, 6) is 0.631. The van der Waals surface area contributed by atoms with Crippen molar-refractivity contribution in [3.8, 4) is 5.75 Å². The lowest BCUT2D eigenvalue weighted by atomic mass is 10.3. The molecule has 0 aromatic heterocycles. The lowest BCUT2D eigenvalue weighted by Crippen LogP contribution is -2.38. The van der Waals surface area contributed by atoms with Gasteiger partial charge in [0.25, 0.3) is 0 Å². The van der Waals surface area contributed by atoms with E-state index in [9.17, 15) is 10.2 Å². The molecule has 1 aromatic carbocycles. The zero-order valence-corrected chi connectivity index (χ0v) is 12.0. The van der Waals surface area contributed by atoms with E-state index in [1.54, 1.807) is 24.3 Å². The quantitative estimate of drug-likeness (QED) is 0.551. The SMILES string of the molecule is COCC(O)CN(C)CC(O)COc1cccc(N)c1. The van der Waals surface area contributed by atoms with E-state index in [0.29, 0.717) is 24.5 Å². The molecule has 0 spiro atoms. The summed E-state index contributed by atoms with van der Waals surface area (Å²) in [5, 5.41) is 19.5. The number of rotatable bonds is 9. The van der Waals surface area contributed by atoms with Crippen LogP contribution in [-0.2, 0) is 4.74 Å². The topological polar surface area (TPSA) is 88.2 Å². The van der Waals surface area contributed by atoms with Crippen molar-refractivity contribution in [2.75, 3.05) is 46.2 Å². The second kappa shape index (κ2) is 8.76. The van der Waals surface area contributed by atoms with E-state index < -0.39 is 12.2 Å². The highest BCUT2D eigenvalue weighted by Crippen LogP contribution is 2.14. The van der Waals surface area contributed by atoms with E-state index >= 15 is 0 Å². The number of likely N-dealkylation sites (N-methyl/N-ethyl adjacent to an activating group) is 1. The molecule has 0 amide bonds. The Labute approximate surface area is 119 Å². The van der Waals surface area contributed by atoms with Crippen LogP contribution in [0, 0.1) is 0 Å². The third-order valence-corrected chi connectivity index (χ3v) is 2.70. The van der Waals surface area contributed by atoms with Crippen LogP contribution in [0.25, 0.3) is 0 Å². The first-order valence-electron chi connectivity index (χ1n) is 6.53. The maximum absolute atomic E-state index is 9.88. The normalized spacial score (nSPS) is 14.2. The van der Waals surface area contributed by atoms with Gasteiger partial charge in [0, 0.05) is 32.0 Å². The zero-order chi connectivity index (χ0) is 15.0. The van der Waals surface area contributed by atoms with Gasteiger partial charge in [-0.2, -0.15) is 0 Å². The van der Waals surface area contributed by atoms with Crippen molar-refractivity contribution in [1.82, 2.24) is 4.90 Å². The van der Waals surface area contributed by atoms with Crippen molar-refractivity contribution in [2.24, 2.45) is 0 Å². The molecule has 2 atom stereocenters. The molecule has 0 aliphatic carbocycles. The molecule has 4 N–H and O–H groups in total. The molecule has 0 radical (unpaired) electrons. The lowest BCUT2D eigenvalue weighted by Gasteiger charge is -2.23. The van der Waals surface area contributed by atoms with Gasteiger partial charge in [-0.3, -0.25) is 0 Å². The molecular weight excluding hydrogens is 260 g/mol. The standard InChI is InChI=1S/C14H24N2O4/c1-16(7-12(17)9-19-2)8-13(18)10-20-14-5-3-4-11(15)6-14/h3-6,12-13,17-18H,7-10,15H2,1-2H3. The van der Waals surface area contributed by atoms with Gasteiger partial charge in [0.2, 0.25) is 0 Å². The Morgan fingerprint density at radius 3 is 2.45 bits per heavy atom. The van der Waals surface area contributed by atoms with Crippen molar-refractivity contribution in [1.29, 1.82) is 0 Å². The van der Waals surface area contributed by atoms with Gasteiger partial charge in [-0.05, 0) is 19.2 Å². The van der Waals surface area contributed by atoms with Crippen LogP contribution in [0.2, 0.25) is 0 Å². The molecule has 6 nitrogen and oxygen atoms in total. The van der Waals surface area contributed by atoms with Crippen LogP contribution < -0.4 is 10.5 Å². The van der Waals surface area contributed by atoms with Gasteiger partial charge in [0.15, 0.2) is 0 Å². The number of nitrogens with two attached hydrogens (primary N) is 1. The molecule has 0 fully saturated rings. The summed E-state index contributed by atoms with van der Waals surface area (Å²) < 4.78 is 10.3. The Bertz CT molecular complexity index is 389. The lowest BCUT2D eigenvalue weighted by molar-refractivity contribution is 0.0243. The first-order valence-corrected chi connectivity index (χ1v) is 6.53. The number of methoxy groups -OCH3 is 1. The van der Waals surface area contributed by atoms with E-state index in [4.69, 9.17) is 15.2 Å². The Morgan fingerprint density at radius 1 is 1.20 bits per heavy atom. The van der Waals surface area contributed by atoms with Crippen molar-refractivity contribution < 1.29 is 19.7 Å². The number of aliphatic hydroxyl groups excluding tert-OH is 2. The third kappa shape index (κ3) is 6.72. The van der Waals surface area contributed by atoms with E-state index in [0.717, 1.165) is 0 Å². The summed E-state index contributed by atoms with van der Waals surface area (Å²) in [5.41, 5.74) is 6.26. The molecule has 1 rings (SSSR count). The average molecular weight is 284 g/mol. The summed E-state index contributed by atoms with van der Waals surface area (Å²) >= 11 is 0. The number of aliphatic hydroxyl groups is 2. The second-order valence-corrected chi connectivity index (χ2v) is 4.87. The molecule has 0 saturated carbocycles. The molecule has 2 unspecified atom stereocenters. The van der Waals surface area contributed by atoms with Crippen molar-refractivity contribution in [3.63, 3.8) is 0 Å². The minimum absolute atomic E-state index is 0.175. The Kier molecular flexibility index (Phi) is 7.32. The van der Waals surface area contributed by atoms with Crippen LogP contribution >= 0.6 is 0 Å². The summed E-state index contributed by atoms with van der Waals surface area (Å²) in [6.07, 6.45) is -1.21. The smallest absolute Gasteiger partial charge is 0.121 e. The monoisotopic (exact) mass is 284 g/mol. The van der Waals surface area contributed by atoms with Gasteiger partial charge in [0.1, 0.15) is 18.5 Å². The largest absolute Gasteiger partial charge is 0.491 e. The van der Waals surface area contributed by atoms with Crippen LogP contribution in [0.15, 0.2) is 24.3 Å². The predicted octanol–water partition coefficient (Wildman–Crippen LogP) is -0.0524. The number of nitrogens with zero attached hydrogens (tertiary/aromatic N) is 1. The Balaban J connectivity index is 2.27. The molecular formula is C14H24N2O4. The Morgan fingerprint density at radius 2 is 1.85 bits per heavy atom. The van der Waals surface area contributed by atoms with Gasteiger partial charge in [0.05, 0.1) is 12.7 Å². The number of hydrogen-bond acceptors (Lipinski definition) is 6. The van der Waals surface area contributed by atoms with E-state index in [-0.39, 0.29) is 13.2 Å². The number of nitrogen functional groups attached to an aromatic ring is 1. The number of hydrogen-bond donors (Lipinski definition) is 3. The molecule has 114 valence electrons. The van der Waals surface area contributed by atoms with Crippen molar-refractivity contribution in [3.05, 3.63) is 24.3 Å². The summed E-state index contributed by atoms with van der Waals surface area (Å²) in [7, 11) is 3.36. The molecule has 0 aliphatic rings. The highest BCUT2D eigenvalue weighted by atomic mass is 16.5. The summed E-state index contributed by atoms with van der Waals surface area (Å²) in [4.78, 5) is 1.83. The molecule has 6 heteroatoms. The van der Waals surface area contributed by atoms with E-state index in [2.05, 4.69) is 0 Å². The molecule has 0 aliphatic heterocycles. The van der Waals surface area contributed by atoms with Gasteiger partial charge in [-0.15, -0.1) is 0 Å². The van der Waals surface area contributed by atoms with Crippen LogP contribution in [-0.4, -0.2) is 67.8 Å². The molecule has 0 bridgehead atoms. The number of benzene rings is 1. The van der Waals surface area contributed by atoms with Gasteiger partial charge >= 0.3 is 0 Å². The minimum Gasteiger partial charge on any atom is -0.491 e. The fraction of sp³-hybridized carbons (Fsp3) is 0.571. The van der Waals surface area contributed by atoms with E-state index in [1.807, 2.05) is 11.9 Å². The molecule has 0 heterocycles. The minimum atomic E-state index is -0.642. The first-order chi connectivity index (χ1) is 9.51. The van der Waals surface area contributed by atoms with Crippen LogP contribution in [0.5, 0.6) is 5.75 Å². The van der Waals surface area contributed by atoms with Gasteiger partial charge < -0.3 is 30.3 Å². The maximum Gasteiger partial charge on any atom is 0.121 e. The molecule has 20 heavy (non-hydrogen) atoms. The highest BCUT2D eigenvalue weighted by Gasteiger charge is 2.13. The fourth-order valence-corrected chi connectivity index (χ4v) is 1.89. The van der Waals surface area contributed by atoms with Crippen molar-refractivity contribution in [2.45, 2.75) is 12.2 Å². The average Bonchev–Trinajstić information content (AvgIpc) is 2.36. The maximum atomic E-state index is 9.88. The van der Waals surface area contributed by atoms with Crippen LogP contribution in [0.3, 0.4) is 0 Å². The number of anilines is 1. The van der Waals surface area contributed by atoms with Crippen molar-refractivity contribution >= 4 is 5.69 Å². The van der Waals surface area contributed by atoms with E-state index in [1.165, 1.54) is 7.11 Å².